The Bertz CT molecular complexity index is 741. The van der Waals surface area contributed by atoms with E-state index in [9.17, 15) is 14.0 Å². The maximum Gasteiger partial charge on any atom is 0.227 e. The second kappa shape index (κ2) is 6.83. The number of carbonyl (C=O) groups is 2. The lowest BCUT2D eigenvalue weighted by atomic mass is 10.1. The summed E-state index contributed by atoms with van der Waals surface area (Å²) in [6.07, 6.45) is 0.211. The van der Waals surface area contributed by atoms with Gasteiger partial charge in [0.2, 0.25) is 11.8 Å². The lowest BCUT2D eigenvalue weighted by Crippen LogP contribution is -2.32. The first kappa shape index (κ1) is 16.2. The van der Waals surface area contributed by atoms with E-state index in [4.69, 9.17) is 0 Å². The van der Waals surface area contributed by atoms with E-state index < -0.39 is 0 Å². The highest BCUT2D eigenvalue weighted by atomic mass is 19.1. The van der Waals surface area contributed by atoms with Gasteiger partial charge in [0.25, 0.3) is 0 Å². The standard InChI is InChI=1S/C19H19FN2O2/c1-13-2-8-17(9-3-13)22-12-15(10-18(22)23)19(24)21-11-14-4-6-16(20)7-5-14/h2-9,15H,10-12H2,1H3,(H,21,24)/t15-/m1/s1. The van der Waals surface area contributed by atoms with Gasteiger partial charge in [0.15, 0.2) is 0 Å². The average molecular weight is 326 g/mol. The second-order valence-corrected chi connectivity index (χ2v) is 6.09. The first-order valence-corrected chi connectivity index (χ1v) is 7.92. The van der Waals surface area contributed by atoms with Crippen LogP contribution in [0.4, 0.5) is 10.1 Å². The molecule has 24 heavy (non-hydrogen) atoms. The SMILES string of the molecule is Cc1ccc(N2C[C@H](C(=O)NCc3ccc(F)cc3)CC2=O)cc1. The predicted molar refractivity (Wildman–Crippen MR) is 89.9 cm³/mol. The molecule has 0 saturated carbocycles. The van der Waals surface area contributed by atoms with Crippen molar-refractivity contribution in [2.45, 2.75) is 19.9 Å². The fourth-order valence-corrected chi connectivity index (χ4v) is 2.79. The number of carbonyl (C=O) groups excluding carboxylic acids is 2. The Hall–Kier alpha value is -2.69. The van der Waals surface area contributed by atoms with Gasteiger partial charge in [-0.3, -0.25) is 9.59 Å². The molecule has 1 saturated heterocycles. The van der Waals surface area contributed by atoms with Gasteiger partial charge in [0, 0.05) is 25.2 Å². The van der Waals surface area contributed by atoms with Crippen molar-refractivity contribution in [3.05, 3.63) is 65.5 Å². The topological polar surface area (TPSA) is 49.4 Å². The molecule has 4 nitrogen and oxygen atoms in total. The highest BCUT2D eigenvalue weighted by molar-refractivity contribution is 6.00. The first-order valence-electron chi connectivity index (χ1n) is 7.92. The normalized spacial score (nSPS) is 17.2. The Labute approximate surface area is 140 Å². The highest BCUT2D eigenvalue weighted by Crippen LogP contribution is 2.25. The number of halogens is 1. The average Bonchev–Trinajstić information content (AvgIpc) is 2.97. The van der Waals surface area contributed by atoms with Gasteiger partial charge in [-0.05, 0) is 36.8 Å². The fourth-order valence-electron chi connectivity index (χ4n) is 2.79. The molecular formula is C19H19FN2O2. The van der Waals surface area contributed by atoms with E-state index in [2.05, 4.69) is 5.32 Å². The van der Waals surface area contributed by atoms with E-state index in [-0.39, 0.29) is 30.0 Å². The molecule has 0 aliphatic carbocycles. The van der Waals surface area contributed by atoms with E-state index in [0.717, 1.165) is 16.8 Å². The molecule has 0 unspecified atom stereocenters. The van der Waals surface area contributed by atoms with Gasteiger partial charge in [-0.25, -0.2) is 4.39 Å². The zero-order valence-electron chi connectivity index (χ0n) is 13.5. The van der Waals surface area contributed by atoms with E-state index in [0.29, 0.717) is 13.1 Å². The number of aryl methyl sites for hydroxylation is 1. The van der Waals surface area contributed by atoms with E-state index in [1.165, 1.54) is 12.1 Å². The van der Waals surface area contributed by atoms with Gasteiger partial charge < -0.3 is 10.2 Å². The van der Waals surface area contributed by atoms with Gasteiger partial charge in [-0.2, -0.15) is 0 Å². The quantitative estimate of drug-likeness (QED) is 0.939. The van der Waals surface area contributed by atoms with Crippen molar-refractivity contribution in [1.29, 1.82) is 0 Å². The lowest BCUT2D eigenvalue weighted by Gasteiger charge is -2.17. The summed E-state index contributed by atoms with van der Waals surface area (Å²) in [4.78, 5) is 26.1. The predicted octanol–water partition coefficient (Wildman–Crippen LogP) is 2.80. The number of rotatable bonds is 4. The summed E-state index contributed by atoms with van der Waals surface area (Å²) in [5.41, 5.74) is 2.77. The molecule has 1 N–H and O–H groups in total. The van der Waals surface area contributed by atoms with Crippen LogP contribution < -0.4 is 10.2 Å². The molecule has 0 aromatic heterocycles. The number of benzene rings is 2. The Balaban J connectivity index is 1.59. The summed E-state index contributed by atoms with van der Waals surface area (Å²) in [6, 6.07) is 13.7. The van der Waals surface area contributed by atoms with E-state index >= 15 is 0 Å². The smallest absolute Gasteiger partial charge is 0.227 e. The number of hydrogen-bond donors (Lipinski definition) is 1. The summed E-state index contributed by atoms with van der Waals surface area (Å²) in [5.74, 6) is -0.859. The molecule has 1 aliphatic rings. The molecule has 5 heteroatoms. The zero-order valence-corrected chi connectivity index (χ0v) is 13.5. The molecule has 0 bridgehead atoms. The van der Waals surface area contributed by atoms with Crippen LogP contribution >= 0.6 is 0 Å². The van der Waals surface area contributed by atoms with Crippen LogP contribution in [0.15, 0.2) is 48.5 Å². The number of amides is 2. The number of nitrogens with one attached hydrogen (secondary N) is 1. The van der Waals surface area contributed by atoms with Crippen LogP contribution in [-0.2, 0) is 16.1 Å². The van der Waals surface area contributed by atoms with E-state index in [1.54, 1.807) is 17.0 Å². The molecule has 3 rings (SSSR count). The summed E-state index contributed by atoms with van der Waals surface area (Å²) in [5, 5.41) is 2.82. The van der Waals surface area contributed by atoms with Crippen molar-refractivity contribution in [3.8, 4) is 0 Å². The third-order valence-corrected chi connectivity index (χ3v) is 4.22. The van der Waals surface area contributed by atoms with Crippen molar-refractivity contribution >= 4 is 17.5 Å². The minimum atomic E-state index is -0.362. The first-order chi connectivity index (χ1) is 11.5. The molecule has 1 atom stereocenters. The molecule has 124 valence electrons. The highest BCUT2D eigenvalue weighted by Gasteiger charge is 2.34. The minimum Gasteiger partial charge on any atom is -0.352 e. The Kier molecular flexibility index (Phi) is 4.60. The van der Waals surface area contributed by atoms with Gasteiger partial charge in [0.1, 0.15) is 5.82 Å². The van der Waals surface area contributed by atoms with Crippen molar-refractivity contribution in [2.75, 3.05) is 11.4 Å². The molecule has 1 fully saturated rings. The van der Waals surface area contributed by atoms with Crippen LogP contribution in [0.25, 0.3) is 0 Å². The zero-order chi connectivity index (χ0) is 17.1. The maximum atomic E-state index is 12.9. The third kappa shape index (κ3) is 3.62. The summed E-state index contributed by atoms with van der Waals surface area (Å²) < 4.78 is 12.9. The molecule has 2 aromatic carbocycles. The van der Waals surface area contributed by atoms with Gasteiger partial charge in [0.05, 0.1) is 5.92 Å². The number of nitrogens with zero attached hydrogens (tertiary/aromatic N) is 1. The van der Waals surface area contributed by atoms with Crippen molar-refractivity contribution in [3.63, 3.8) is 0 Å². The third-order valence-electron chi connectivity index (χ3n) is 4.22. The van der Waals surface area contributed by atoms with Crippen LogP contribution in [-0.4, -0.2) is 18.4 Å². The Morgan fingerprint density at radius 3 is 2.50 bits per heavy atom. The van der Waals surface area contributed by atoms with Crippen molar-refractivity contribution < 1.29 is 14.0 Å². The van der Waals surface area contributed by atoms with Crippen LogP contribution in [0.1, 0.15) is 17.5 Å². The maximum absolute atomic E-state index is 12.9. The minimum absolute atomic E-state index is 0.0409. The second-order valence-electron chi connectivity index (χ2n) is 6.09. The molecule has 2 aromatic rings. The molecule has 2 amide bonds. The molecule has 1 aliphatic heterocycles. The van der Waals surface area contributed by atoms with Crippen molar-refractivity contribution in [1.82, 2.24) is 5.32 Å². The van der Waals surface area contributed by atoms with Crippen molar-refractivity contribution in [2.24, 2.45) is 5.92 Å². The van der Waals surface area contributed by atoms with Crippen LogP contribution in [0.3, 0.4) is 0 Å². The monoisotopic (exact) mass is 326 g/mol. The summed E-state index contributed by atoms with van der Waals surface area (Å²) >= 11 is 0. The molecule has 0 spiro atoms. The Morgan fingerprint density at radius 1 is 1.17 bits per heavy atom. The van der Waals surface area contributed by atoms with Crippen LogP contribution in [0.5, 0.6) is 0 Å². The lowest BCUT2D eigenvalue weighted by molar-refractivity contribution is -0.126. The fraction of sp³-hybridized carbons (Fsp3) is 0.263. The Morgan fingerprint density at radius 2 is 1.83 bits per heavy atom. The van der Waals surface area contributed by atoms with Gasteiger partial charge in [-0.1, -0.05) is 29.8 Å². The van der Waals surface area contributed by atoms with Gasteiger partial charge in [-0.15, -0.1) is 0 Å². The van der Waals surface area contributed by atoms with Crippen LogP contribution in [0.2, 0.25) is 0 Å². The summed E-state index contributed by atoms with van der Waals surface area (Å²) in [7, 11) is 0. The molecule has 1 heterocycles. The van der Waals surface area contributed by atoms with Gasteiger partial charge >= 0.3 is 0 Å². The number of hydrogen-bond acceptors (Lipinski definition) is 2. The molecule has 0 radical (unpaired) electrons. The summed E-state index contributed by atoms with van der Waals surface area (Å²) in [6.45, 7) is 2.70. The molecular weight excluding hydrogens is 307 g/mol. The number of anilines is 1. The van der Waals surface area contributed by atoms with Crippen LogP contribution in [0, 0.1) is 18.7 Å². The largest absolute Gasteiger partial charge is 0.352 e. The van der Waals surface area contributed by atoms with E-state index in [1.807, 2.05) is 31.2 Å².